The van der Waals surface area contributed by atoms with E-state index in [2.05, 4.69) is 10.1 Å². The third-order valence-corrected chi connectivity index (χ3v) is 5.19. The molecule has 1 N–H and O–H groups in total. The predicted octanol–water partition coefficient (Wildman–Crippen LogP) is 1.89. The molecule has 1 aromatic rings. The van der Waals surface area contributed by atoms with Crippen LogP contribution in [0.4, 0.5) is 8.78 Å². The standard InChI is InChI=1S/C15H20F2N2O4S/c1-10(11-5-7-12(8-6-11)23-15(16)17)18-14(20)13-4-3-9-19(13)24(2,21)22/h5-8,10,13,15H,3-4,9H2,1-2H3,(H,18,20)/t10-,13-/m1/s1. The lowest BCUT2D eigenvalue weighted by atomic mass is 10.1. The number of carbonyl (C=O) groups excluding carboxylic acids is 1. The zero-order valence-electron chi connectivity index (χ0n) is 13.4. The third-order valence-electron chi connectivity index (χ3n) is 3.90. The number of carbonyl (C=O) groups is 1. The van der Waals surface area contributed by atoms with Gasteiger partial charge in [0.15, 0.2) is 0 Å². The molecule has 9 heteroatoms. The Morgan fingerprint density at radius 3 is 2.50 bits per heavy atom. The number of amides is 1. The fourth-order valence-electron chi connectivity index (χ4n) is 2.73. The Hall–Kier alpha value is -1.74. The highest BCUT2D eigenvalue weighted by molar-refractivity contribution is 7.88. The van der Waals surface area contributed by atoms with Gasteiger partial charge in [-0.25, -0.2) is 8.42 Å². The summed E-state index contributed by atoms with van der Waals surface area (Å²) in [5.74, 6) is -0.329. The van der Waals surface area contributed by atoms with Crippen LogP contribution in [-0.4, -0.2) is 44.1 Å². The number of nitrogens with one attached hydrogen (secondary N) is 1. The highest BCUT2D eigenvalue weighted by atomic mass is 32.2. The molecule has 1 aliphatic rings. The van der Waals surface area contributed by atoms with Gasteiger partial charge in [0.25, 0.3) is 0 Å². The zero-order valence-corrected chi connectivity index (χ0v) is 14.2. The Kier molecular flexibility index (Phi) is 5.76. The summed E-state index contributed by atoms with van der Waals surface area (Å²) in [5, 5.41) is 2.77. The van der Waals surface area contributed by atoms with E-state index in [0.717, 1.165) is 6.26 Å². The van der Waals surface area contributed by atoms with Crippen molar-refractivity contribution in [2.75, 3.05) is 12.8 Å². The highest BCUT2D eigenvalue weighted by Gasteiger charge is 2.36. The quantitative estimate of drug-likeness (QED) is 0.839. The van der Waals surface area contributed by atoms with Crippen LogP contribution in [0.25, 0.3) is 0 Å². The van der Waals surface area contributed by atoms with Crippen molar-refractivity contribution in [3.05, 3.63) is 29.8 Å². The maximum atomic E-state index is 12.4. The molecule has 1 amide bonds. The molecule has 0 aliphatic carbocycles. The molecule has 0 spiro atoms. The number of halogens is 2. The molecular weight excluding hydrogens is 342 g/mol. The topological polar surface area (TPSA) is 75.7 Å². The molecule has 1 fully saturated rings. The van der Waals surface area contributed by atoms with E-state index in [1.807, 2.05) is 0 Å². The summed E-state index contributed by atoms with van der Waals surface area (Å²) in [6.45, 7) is -0.816. The monoisotopic (exact) mass is 362 g/mol. The van der Waals surface area contributed by atoms with Crippen LogP contribution in [0.15, 0.2) is 24.3 Å². The Morgan fingerprint density at radius 2 is 1.96 bits per heavy atom. The van der Waals surface area contributed by atoms with Crippen LogP contribution in [0, 0.1) is 0 Å². The lowest BCUT2D eigenvalue weighted by Crippen LogP contribution is -2.46. The van der Waals surface area contributed by atoms with Gasteiger partial charge in [-0.1, -0.05) is 12.1 Å². The molecule has 24 heavy (non-hydrogen) atoms. The van der Waals surface area contributed by atoms with Crippen molar-refractivity contribution in [3.8, 4) is 5.75 Å². The number of hydrogen-bond acceptors (Lipinski definition) is 4. The molecule has 1 aromatic carbocycles. The molecule has 0 bridgehead atoms. The first-order valence-corrected chi connectivity index (χ1v) is 9.35. The van der Waals surface area contributed by atoms with Crippen molar-refractivity contribution in [3.63, 3.8) is 0 Å². The molecule has 2 rings (SSSR count). The van der Waals surface area contributed by atoms with Crippen molar-refractivity contribution >= 4 is 15.9 Å². The number of alkyl halides is 2. The maximum Gasteiger partial charge on any atom is 0.387 e. The summed E-state index contributed by atoms with van der Waals surface area (Å²) in [5.41, 5.74) is 0.703. The Labute approximate surface area is 139 Å². The van der Waals surface area contributed by atoms with Crippen LogP contribution in [0.5, 0.6) is 5.75 Å². The Balaban J connectivity index is 2.01. The summed E-state index contributed by atoms with van der Waals surface area (Å²) in [7, 11) is -3.43. The van der Waals surface area contributed by atoms with Gasteiger partial charge in [-0.2, -0.15) is 13.1 Å². The van der Waals surface area contributed by atoms with Crippen molar-refractivity contribution in [2.24, 2.45) is 0 Å². The number of benzene rings is 1. The first kappa shape index (κ1) is 18.6. The summed E-state index contributed by atoms with van der Waals surface area (Å²) in [6, 6.07) is 4.84. The van der Waals surface area contributed by atoms with Gasteiger partial charge in [-0.05, 0) is 37.5 Å². The minimum absolute atomic E-state index is 0.0336. The van der Waals surface area contributed by atoms with E-state index in [4.69, 9.17) is 0 Å². The van der Waals surface area contributed by atoms with Gasteiger partial charge in [-0.3, -0.25) is 4.79 Å². The smallest absolute Gasteiger partial charge is 0.387 e. The van der Waals surface area contributed by atoms with Crippen LogP contribution in [0.3, 0.4) is 0 Å². The SMILES string of the molecule is C[C@@H](NC(=O)[C@H]1CCCN1S(C)(=O)=O)c1ccc(OC(F)F)cc1. The fourth-order valence-corrected chi connectivity index (χ4v) is 3.85. The van der Waals surface area contributed by atoms with Gasteiger partial charge in [0.2, 0.25) is 15.9 Å². The first-order chi connectivity index (χ1) is 11.2. The van der Waals surface area contributed by atoms with Gasteiger partial charge >= 0.3 is 6.61 Å². The molecule has 134 valence electrons. The molecular formula is C15H20F2N2O4S. The summed E-state index contributed by atoms with van der Waals surface area (Å²) < 4.78 is 53.1. The summed E-state index contributed by atoms with van der Waals surface area (Å²) >= 11 is 0. The number of sulfonamides is 1. The fraction of sp³-hybridized carbons (Fsp3) is 0.533. The minimum atomic E-state index is -3.43. The maximum absolute atomic E-state index is 12.4. The molecule has 0 saturated carbocycles. The summed E-state index contributed by atoms with van der Waals surface area (Å²) in [6.07, 6.45) is 2.20. The molecule has 1 saturated heterocycles. The average molecular weight is 362 g/mol. The largest absolute Gasteiger partial charge is 0.435 e. The molecule has 1 aliphatic heterocycles. The van der Waals surface area contributed by atoms with Crippen LogP contribution in [0.1, 0.15) is 31.4 Å². The van der Waals surface area contributed by atoms with Crippen LogP contribution in [0.2, 0.25) is 0 Å². The van der Waals surface area contributed by atoms with E-state index in [1.165, 1.54) is 16.4 Å². The van der Waals surface area contributed by atoms with Crippen molar-refractivity contribution in [2.45, 2.75) is 38.5 Å². The van der Waals surface area contributed by atoms with E-state index >= 15 is 0 Å². The summed E-state index contributed by atoms with van der Waals surface area (Å²) in [4.78, 5) is 12.4. The number of ether oxygens (including phenoxy) is 1. The van der Waals surface area contributed by atoms with E-state index < -0.39 is 22.7 Å². The van der Waals surface area contributed by atoms with Gasteiger partial charge in [0, 0.05) is 6.54 Å². The van der Waals surface area contributed by atoms with Crippen LogP contribution < -0.4 is 10.1 Å². The molecule has 6 nitrogen and oxygen atoms in total. The number of hydrogen-bond donors (Lipinski definition) is 1. The van der Waals surface area contributed by atoms with Crippen LogP contribution >= 0.6 is 0 Å². The molecule has 1 heterocycles. The zero-order chi connectivity index (χ0) is 17.9. The van der Waals surface area contributed by atoms with E-state index in [9.17, 15) is 22.0 Å². The minimum Gasteiger partial charge on any atom is -0.435 e. The first-order valence-electron chi connectivity index (χ1n) is 7.50. The van der Waals surface area contributed by atoms with E-state index in [-0.39, 0.29) is 17.7 Å². The van der Waals surface area contributed by atoms with Gasteiger partial charge in [0.05, 0.1) is 12.3 Å². The second-order valence-corrected chi connectivity index (χ2v) is 7.64. The molecule has 0 radical (unpaired) electrons. The van der Waals surface area contributed by atoms with Gasteiger partial charge in [-0.15, -0.1) is 0 Å². The highest BCUT2D eigenvalue weighted by Crippen LogP contribution is 2.23. The van der Waals surface area contributed by atoms with Gasteiger partial charge < -0.3 is 10.1 Å². The Morgan fingerprint density at radius 1 is 1.33 bits per heavy atom. The lowest BCUT2D eigenvalue weighted by molar-refractivity contribution is -0.124. The van der Waals surface area contributed by atoms with Crippen molar-refractivity contribution in [1.82, 2.24) is 9.62 Å². The second kappa shape index (κ2) is 7.43. The average Bonchev–Trinajstić information content (AvgIpc) is 2.97. The third kappa shape index (κ3) is 4.64. The lowest BCUT2D eigenvalue weighted by Gasteiger charge is -2.23. The van der Waals surface area contributed by atoms with Crippen molar-refractivity contribution < 1.29 is 26.7 Å². The number of nitrogens with zero attached hydrogens (tertiary/aromatic N) is 1. The van der Waals surface area contributed by atoms with Crippen LogP contribution in [-0.2, 0) is 14.8 Å². The normalized spacial score (nSPS) is 20.1. The molecule has 0 unspecified atom stereocenters. The Bertz CT molecular complexity index is 679. The predicted molar refractivity (Wildman–Crippen MR) is 84.2 cm³/mol. The van der Waals surface area contributed by atoms with E-state index in [1.54, 1.807) is 19.1 Å². The molecule has 2 atom stereocenters. The molecule has 0 aromatic heterocycles. The second-order valence-electron chi connectivity index (χ2n) is 5.71. The van der Waals surface area contributed by atoms with Crippen molar-refractivity contribution in [1.29, 1.82) is 0 Å². The van der Waals surface area contributed by atoms with E-state index in [0.29, 0.717) is 24.9 Å². The van der Waals surface area contributed by atoms with Gasteiger partial charge in [0.1, 0.15) is 11.8 Å². The number of rotatable bonds is 6.